The zero-order valence-corrected chi connectivity index (χ0v) is 17.6. The van der Waals surface area contributed by atoms with E-state index in [9.17, 15) is 4.79 Å². The number of benzene rings is 2. The van der Waals surface area contributed by atoms with Crippen LogP contribution in [0.2, 0.25) is 5.02 Å². The van der Waals surface area contributed by atoms with Gasteiger partial charge in [-0.05, 0) is 44.5 Å². The van der Waals surface area contributed by atoms with Crippen molar-refractivity contribution < 1.29 is 13.9 Å². The van der Waals surface area contributed by atoms with E-state index in [0.29, 0.717) is 37.2 Å². The van der Waals surface area contributed by atoms with Crippen LogP contribution in [0, 0.1) is 5.82 Å². The highest BCUT2D eigenvalue weighted by atomic mass is 35.5. The monoisotopic (exact) mass is 421 g/mol. The van der Waals surface area contributed by atoms with Gasteiger partial charge in [-0.15, -0.1) is 0 Å². The molecule has 0 bridgehead atoms. The molecule has 0 spiro atoms. The molecule has 0 heterocycles. The number of para-hydroxylation sites is 1. The van der Waals surface area contributed by atoms with Gasteiger partial charge in [0.15, 0.2) is 11.6 Å². The summed E-state index contributed by atoms with van der Waals surface area (Å²) in [5, 5.41) is 6.37. The van der Waals surface area contributed by atoms with E-state index in [0.717, 1.165) is 6.42 Å². The Balaban J connectivity index is 2.10. The van der Waals surface area contributed by atoms with E-state index < -0.39 is 5.82 Å². The van der Waals surface area contributed by atoms with Crippen LogP contribution in [0.1, 0.15) is 44.7 Å². The third-order valence-corrected chi connectivity index (χ3v) is 4.80. The second-order valence-corrected chi connectivity index (χ2v) is 7.33. The highest BCUT2D eigenvalue weighted by Gasteiger charge is 2.22. The number of halogens is 2. The molecule has 0 aromatic heterocycles. The molecular weight excluding hydrogens is 393 g/mol. The summed E-state index contributed by atoms with van der Waals surface area (Å²) in [6.45, 7) is 4.96. The normalized spacial score (nSPS) is 13.0. The zero-order valence-electron chi connectivity index (χ0n) is 16.9. The third-order valence-electron chi connectivity index (χ3n) is 4.51. The maximum Gasteiger partial charge on any atom is 0.221 e. The number of amides is 1. The number of hydrogen-bond donors (Lipinski definition) is 3. The Morgan fingerprint density at radius 3 is 2.62 bits per heavy atom. The van der Waals surface area contributed by atoms with Crippen molar-refractivity contribution >= 4 is 17.5 Å². The van der Waals surface area contributed by atoms with Crippen molar-refractivity contribution in [2.24, 2.45) is 5.73 Å². The standard InChI is InChI=1S/C22H29ClFN3O2/c1-3-19(27-15(2)14-20(28)26-13-7-12-25)17-10-11-18(23)22(21(17)24)29-16-8-5-4-6-9-16/h4-6,8-11,15,19,27H,3,7,12-14,25H2,1-2H3,(H,26,28)/t15-,19+/m0/s1. The number of nitrogens with one attached hydrogen (secondary N) is 2. The van der Waals surface area contributed by atoms with Gasteiger partial charge >= 0.3 is 0 Å². The molecule has 0 saturated carbocycles. The van der Waals surface area contributed by atoms with Crippen LogP contribution in [0.25, 0.3) is 0 Å². The van der Waals surface area contributed by atoms with Gasteiger partial charge in [-0.2, -0.15) is 0 Å². The summed E-state index contributed by atoms with van der Waals surface area (Å²) in [4.78, 5) is 12.0. The van der Waals surface area contributed by atoms with E-state index in [-0.39, 0.29) is 28.8 Å². The fourth-order valence-electron chi connectivity index (χ4n) is 3.03. The molecule has 2 rings (SSSR count). The van der Waals surface area contributed by atoms with Crippen LogP contribution in [0.3, 0.4) is 0 Å². The summed E-state index contributed by atoms with van der Waals surface area (Å²) in [6.07, 6.45) is 1.68. The highest BCUT2D eigenvalue weighted by molar-refractivity contribution is 6.32. The van der Waals surface area contributed by atoms with Gasteiger partial charge in [0.25, 0.3) is 0 Å². The average molecular weight is 422 g/mol. The number of rotatable bonds is 11. The third kappa shape index (κ3) is 6.99. The lowest BCUT2D eigenvalue weighted by molar-refractivity contribution is -0.121. The molecule has 2 aromatic rings. The van der Waals surface area contributed by atoms with Crippen molar-refractivity contribution in [2.45, 2.75) is 45.2 Å². The summed E-state index contributed by atoms with van der Waals surface area (Å²) in [5.41, 5.74) is 5.89. The van der Waals surface area contributed by atoms with Crippen molar-refractivity contribution in [1.82, 2.24) is 10.6 Å². The van der Waals surface area contributed by atoms with Crippen LogP contribution in [0.5, 0.6) is 11.5 Å². The fourth-order valence-corrected chi connectivity index (χ4v) is 3.21. The summed E-state index contributed by atoms with van der Waals surface area (Å²) in [5.74, 6) is -0.0462. The number of carbonyl (C=O) groups excluding carboxylic acids is 1. The minimum atomic E-state index is -0.500. The van der Waals surface area contributed by atoms with E-state index in [2.05, 4.69) is 10.6 Å². The SMILES string of the molecule is CC[C@@H](N[C@@H](C)CC(=O)NCCCN)c1ccc(Cl)c(Oc2ccccc2)c1F. The molecule has 2 aromatic carbocycles. The summed E-state index contributed by atoms with van der Waals surface area (Å²) in [7, 11) is 0. The van der Waals surface area contributed by atoms with E-state index in [1.807, 2.05) is 32.0 Å². The van der Waals surface area contributed by atoms with E-state index in [4.69, 9.17) is 22.1 Å². The van der Waals surface area contributed by atoms with Crippen molar-refractivity contribution in [3.8, 4) is 11.5 Å². The quantitative estimate of drug-likeness (QED) is 0.465. The van der Waals surface area contributed by atoms with Crippen LogP contribution in [-0.2, 0) is 4.79 Å². The van der Waals surface area contributed by atoms with Crippen molar-refractivity contribution in [3.63, 3.8) is 0 Å². The van der Waals surface area contributed by atoms with Crippen LogP contribution < -0.4 is 21.1 Å². The van der Waals surface area contributed by atoms with Crippen LogP contribution in [-0.4, -0.2) is 25.0 Å². The van der Waals surface area contributed by atoms with Gasteiger partial charge in [0.2, 0.25) is 5.91 Å². The first-order chi connectivity index (χ1) is 14.0. The van der Waals surface area contributed by atoms with Gasteiger partial charge in [0.1, 0.15) is 5.75 Å². The van der Waals surface area contributed by atoms with Crippen LogP contribution in [0.4, 0.5) is 4.39 Å². The molecule has 4 N–H and O–H groups in total. The Labute approximate surface area is 176 Å². The molecule has 0 aliphatic rings. The molecule has 7 heteroatoms. The molecule has 1 amide bonds. The predicted octanol–water partition coefficient (Wildman–Crippen LogP) is 4.56. The molecule has 0 radical (unpaired) electrons. The smallest absolute Gasteiger partial charge is 0.221 e. The first-order valence-electron chi connectivity index (χ1n) is 9.89. The average Bonchev–Trinajstić information content (AvgIpc) is 2.70. The molecule has 0 fully saturated rings. The lowest BCUT2D eigenvalue weighted by Gasteiger charge is -2.24. The van der Waals surface area contributed by atoms with Gasteiger partial charge < -0.3 is 21.1 Å². The second-order valence-electron chi connectivity index (χ2n) is 6.92. The summed E-state index contributed by atoms with van der Waals surface area (Å²) in [6, 6.07) is 11.8. The lowest BCUT2D eigenvalue weighted by atomic mass is 10.0. The van der Waals surface area contributed by atoms with Crippen LogP contribution >= 0.6 is 11.6 Å². The molecule has 5 nitrogen and oxygen atoms in total. The first kappa shape index (κ1) is 23.1. The first-order valence-corrected chi connectivity index (χ1v) is 10.3. The Hall–Kier alpha value is -2.15. The maximum absolute atomic E-state index is 15.2. The van der Waals surface area contributed by atoms with Gasteiger partial charge in [0, 0.05) is 30.6 Å². The van der Waals surface area contributed by atoms with E-state index >= 15 is 4.39 Å². The van der Waals surface area contributed by atoms with Crippen molar-refractivity contribution in [1.29, 1.82) is 0 Å². The molecule has 0 aliphatic carbocycles. The van der Waals surface area contributed by atoms with Crippen LogP contribution in [0.15, 0.2) is 42.5 Å². The summed E-state index contributed by atoms with van der Waals surface area (Å²) >= 11 is 6.19. The maximum atomic E-state index is 15.2. The van der Waals surface area contributed by atoms with E-state index in [1.54, 1.807) is 24.3 Å². The van der Waals surface area contributed by atoms with Gasteiger partial charge in [0.05, 0.1) is 5.02 Å². The fraction of sp³-hybridized carbons (Fsp3) is 0.409. The summed E-state index contributed by atoms with van der Waals surface area (Å²) < 4.78 is 20.9. The molecule has 0 saturated heterocycles. The Bertz CT molecular complexity index is 789. The molecule has 158 valence electrons. The Morgan fingerprint density at radius 1 is 1.24 bits per heavy atom. The largest absolute Gasteiger partial charge is 0.453 e. The number of ether oxygens (including phenoxy) is 1. The Kier molecular flexibility index (Phi) is 9.38. The lowest BCUT2D eigenvalue weighted by Crippen LogP contribution is -2.36. The minimum Gasteiger partial charge on any atom is -0.453 e. The number of carbonyl (C=O) groups is 1. The number of nitrogens with two attached hydrogens (primary N) is 1. The number of hydrogen-bond acceptors (Lipinski definition) is 4. The van der Waals surface area contributed by atoms with Crippen molar-refractivity contribution in [3.05, 3.63) is 58.9 Å². The second kappa shape index (κ2) is 11.8. The topological polar surface area (TPSA) is 76.4 Å². The molecule has 2 atom stereocenters. The minimum absolute atomic E-state index is 0.00259. The Morgan fingerprint density at radius 2 is 1.97 bits per heavy atom. The molecular formula is C22H29ClFN3O2. The molecule has 0 unspecified atom stereocenters. The predicted molar refractivity (Wildman–Crippen MR) is 115 cm³/mol. The molecule has 29 heavy (non-hydrogen) atoms. The van der Waals surface area contributed by atoms with E-state index in [1.165, 1.54) is 0 Å². The van der Waals surface area contributed by atoms with Gasteiger partial charge in [-0.25, -0.2) is 4.39 Å². The van der Waals surface area contributed by atoms with Gasteiger partial charge in [-0.1, -0.05) is 42.8 Å². The van der Waals surface area contributed by atoms with Crippen molar-refractivity contribution in [2.75, 3.05) is 13.1 Å². The zero-order chi connectivity index (χ0) is 21.2. The molecule has 0 aliphatic heterocycles. The van der Waals surface area contributed by atoms with Gasteiger partial charge in [-0.3, -0.25) is 4.79 Å². The highest BCUT2D eigenvalue weighted by Crippen LogP contribution is 2.36.